The van der Waals surface area contributed by atoms with Gasteiger partial charge in [-0.3, -0.25) is 14.4 Å². The van der Waals surface area contributed by atoms with Crippen molar-refractivity contribution in [2.24, 2.45) is 5.41 Å². The molecule has 23 heavy (non-hydrogen) atoms. The van der Waals surface area contributed by atoms with Crippen LogP contribution in [0.5, 0.6) is 0 Å². The maximum absolute atomic E-state index is 12.4. The number of methoxy groups -OCH3 is 1. The Kier molecular flexibility index (Phi) is 6.90. The molecule has 0 unspecified atom stereocenters. The van der Waals surface area contributed by atoms with Crippen molar-refractivity contribution in [3.8, 4) is 0 Å². The van der Waals surface area contributed by atoms with Crippen molar-refractivity contribution in [2.75, 3.05) is 25.6 Å². The van der Waals surface area contributed by atoms with Crippen LogP contribution < -0.4 is 10.6 Å². The third-order valence-corrected chi connectivity index (χ3v) is 3.47. The van der Waals surface area contributed by atoms with E-state index in [2.05, 4.69) is 10.6 Å². The van der Waals surface area contributed by atoms with Crippen LogP contribution in [0.15, 0.2) is 24.3 Å². The highest BCUT2D eigenvalue weighted by atomic mass is 16.5. The second-order valence-electron chi connectivity index (χ2n) is 5.82. The van der Waals surface area contributed by atoms with Gasteiger partial charge in [0, 0.05) is 31.5 Å². The largest absolute Gasteiger partial charge is 0.385 e. The van der Waals surface area contributed by atoms with Gasteiger partial charge in [0.15, 0.2) is 5.78 Å². The van der Waals surface area contributed by atoms with Crippen LogP contribution in [0, 0.1) is 5.41 Å². The van der Waals surface area contributed by atoms with Crippen LogP contribution in [0.25, 0.3) is 0 Å². The number of hydrogen-bond donors (Lipinski definition) is 2. The summed E-state index contributed by atoms with van der Waals surface area (Å²) in [7, 11) is 1.59. The summed E-state index contributed by atoms with van der Waals surface area (Å²) in [6, 6.07) is 6.62. The lowest BCUT2D eigenvalue weighted by atomic mass is 9.91. The van der Waals surface area contributed by atoms with E-state index in [1.807, 2.05) is 0 Å². The molecule has 0 saturated heterocycles. The lowest BCUT2D eigenvalue weighted by Gasteiger charge is -2.22. The Labute approximate surface area is 136 Å². The van der Waals surface area contributed by atoms with Gasteiger partial charge in [0.25, 0.3) is 0 Å². The number of benzene rings is 1. The van der Waals surface area contributed by atoms with Crippen LogP contribution in [-0.2, 0) is 14.3 Å². The Morgan fingerprint density at radius 2 is 1.87 bits per heavy atom. The smallest absolute Gasteiger partial charge is 0.239 e. The fourth-order valence-electron chi connectivity index (χ4n) is 1.85. The first-order valence-electron chi connectivity index (χ1n) is 7.48. The van der Waals surface area contributed by atoms with Crippen LogP contribution in [0.4, 0.5) is 5.69 Å². The molecule has 0 aliphatic rings. The van der Waals surface area contributed by atoms with E-state index >= 15 is 0 Å². The van der Waals surface area contributed by atoms with Gasteiger partial charge in [-0.2, -0.15) is 0 Å². The molecule has 6 heteroatoms. The molecule has 6 nitrogen and oxygen atoms in total. The van der Waals surface area contributed by atoms with Crippen LogP contribution in [-0.4, -0.2) is 37.9 Å². The zero-order chi connectivity index (χ0) is 17.5. The molecule has 0 saturated carbocycles. The predicted molar refractivity (Wildman–Crippen MR) is 88.4 cm³/mol. The number of carbonyl (C=O) groups excluding carboxylic acids is 3. The van der Waals surface area contributed by atoms with Gasteiger partial charge in [-0.15, -0.1) is 0 Å². The molecule has 0 heterocycles. The van der Waals surface area contributed by atoms with Gasteiger partial charge in [-0.05, 0) is 39.3 Å². The molecule has 0 bridgehead atoms. The SMILES string of the molecule is COCCCNC(=O)C(C)(C)C(=O)Nc1cccc(C(C)=O)c1. The monoisotopic (exact) mass is 320 g/mol. The first-order valence-corrected chi connectivity index (χ1v) is 7.48. The minimum absolute atomic E-state index is 0.0868. The number of nitrogens with one attached hydrogen (secondary N) is 2. The molecule has 0 aliphatic carbocycles. The molecule has 1 aromatic carbocycles. The Morgan fingerprint density at radius 1 is 1.17 bits per heavy atom. The van der Waals surface area contributed by atoms with E-state index in [0.717, 1.165) is 0 Å². The number of Topliss-reactive ketones (excluding diaryl/α,β-unsaturated/α-hetero) is 1. The average Bonchev–Trinajstić information content (AvgIpc) is 2.51. The summed E-state index contributed by atoms with van der Waals surface area (Å²) in [5.74, 6) is -0.868. The van der Waals surface area contributed by atoms with E-state index in [1.54, 1.807) is 45.2 Å². The van der Waals surface area contributed by atoms with Gasteiger partial charge in [-0.25, -0.2) is 0 Å². The maximum atomic E-state index is 12.4. The topological polar surface area (TPSA) is 84.5 Å². The zero-order valence-corrected chi connectivity index (χ0v) is 14.1. The van der Waals surface area contributed by atoms with Gasteiger partial charge in [0.1, 0.15) is 5.41 Å². The third-order valence-electron chi connectivity index (χ3n) is 3.47. The molecule has 126 valence electrons. The standard InChI is InChI=1S/C17H24N2O4/c1-12(20)13-7-5-8-14(11-13)19-16(22)17(2,3)15(21)18-9-6-10-23-4/h5,7-8,11H,6,9-10H2,1-4H3,(H,18,21)(H,19,22). The Morgan fingerprint density at radius 3 is 2.48 bits per heavy atom. The van der Waals surface area contributed by atoms with E-state index < -0.39 is 11.3 Å². The van der Waals surface area contributed by atoms with E-state index in [4.69, 9.17) is 4.74 Å². The molecule has 0 radical (unpaired) electrons. The predicted octanol–water partition coefficient (Wildman–Crippen LogP) is 2.01. The van der Waals surface area contributed by atoms with Crippen molar-refractivity contribution in [1.82, 2.24) is 5.32 Å². The summed E-state index contributed by atoms with van der Waals surface area (Å²) < 4.78 is 4.91. The van der Waals surface area contributed by atoms with Gasteiger partial charge in [0.2, 0.25) is 11.8 Å². The third kappa shape index (κ3) is 5.49. The average molecular weight is 320 g/mol. The highest BCUT2D eigenvalue weighted by Crippen LogP contribution is 2.20. The second-order valence-corrected chi connectivity index (χ2v) is 5.82. The van der Waals surface area contributed by atoms with Crippen molar-refractivity contribution in [3.63, 3.8) is 0 Å². The van der Waals surface area contributed by atoms with Crippen molar-refractivity contribution in [2.45, 2.75) is 27.2 Å². The number of ketones is 1. The van der Waals surface area contributed by atoms with Crippen LogP contribution in [0.3, 0.4) is 0 Å². The summed E-state index contributed by atoms with van der Waals surface area (Å²) >= 11 is 0. The molecular formula is C17H24N2O4. The first-order chi connectivity index (χ1) is 10.8. The lowest BCUT2D eigenvalue weighted by molar-refractivity contribution is -0.138. The van der Waals surface area contributed by atoms with Gasteiger partial charge >= 0.3 is 0 Å². The fourth-order valence-corrected chi connectivity index (χ4v) is 1.85. The molecule has 2 N–H and O–H groups in total. The highest BCUT2D eigenvalue weighted by Gasteiger charge is 2.35. The number of ether oxygens (including phenoxy) is 1. The maximum Gasteiger partial charge on any atom is 0.239 e. The first kappa shape index (κ1) is 18.8. The minimum Gasteiger partial charge on any atom is -0.385 e. The molecule has 1 aromatic rings. The summed E-state index contributed by atoms with van der Waals surface area (Å²) in [4.78, 5) is 35.9. The molecule has 0 fully saturated rings. The lowest BCUT2D eigenvalue weighted by Crippen LogP contribution is -2.45. The molecule has 0 aromatic heterocycles. The molecule has 0 aliphatic heterocycles. The number of anilines is 1. The van der Waals surface area contributed by atoms with E-state index in [9.17, 15) is 14.4 Å². The summed E-state index contributed by atoms with van der Waals surface area (Å²) in [5.41, 5.74) is -0.230. The number of amides is 2. The summed E-state index contributed by atoms with van der Waals surface area (Å²) in [6.45, 7) is 5.57. The van der Waals surface area contributed by atoms with Crippen molar-refractivity contribution in [3.05, 3.63) is 29.8 Å². The Balaban J connectivity index is 2.69. The van der Waals surface area contributed by atoms with Gasteiger partial charge in [-0.1, -0.05) is 12.1 Å². The quantitative estimate of drug-likeness (QED) is 0.436. The molecule has 1 rings (SSSR count). The van der Waals surface area contributed by atoms with Crippen LogP contribution in [0.2, 0.25) is 0 Å². The molecule has 0 spiro atoms. The van der Waals surface area contributed by atoms with Gasteiger partial charge < -0.3 is 15.4 Å². The molecule has 0 atom stereocenters. The van der Waals surface area contributed by atoms with E-state index in [-0.39, 0.29) is 11.7 Å². The molecular weight excluding hydrogens is 296 g/mol. The van der Waals surface area contributed by atoms with E-state index in [1.165, 1.54) is 6.92 Å². The van der Waals surface area contributed by atoms with Gasteiger partial charge in [0.05, 0.1) is 0 Å². The minimum atomic E-state index is -1.22. The van der Waals surface area contributed by atoms with Crippen LogP contribution in [0.1, 0.15) is 37.6 Å². The normalized spacial score (nSPS) is 11.0. The Hall–Kier alpha value is -2.21. The number of hydrogen-bond acceptors (Lipinski definition) is 4. The highest BCUT2D eigenvalue weighted by molar-refractivity contribution is 6.10. The van der Waals surface area contributed by atoms with Crippen molar-refractivity contribution in [1.29, 1.82) is 0 Å². The van der Waals surface area contributed by atoms with Crippen molar-refractivity contribution >= 4 is 23.3 Å². The van der Waals surface area contributed by atoms with Crippen LogP contribution >= 0.6 is 0 Å². The zero-order valence-electron chi connectivity index (χ0n) is 14.1. The summed E-state index contributed by atoms with van der Waals surface area (Å²) in [6.07, 6.45) is 0.681. The summed E-state index contributed by atoms with van der Waals surface area (Å²) in [5, 5.41) is 5.40. The number of rotatable bonds is 8. The van der Waals surface area contributed by atoms with E-state index in [0.29, 0.717) is 30.8 Å². The molecule has 2 amide bonds. The Bertz CT molecular complexity index is 582. The number of carbonyl (C=O) groups is 3. The van der Waals surface area contributed by atoms with Crippen molar-refractivity contribution < 1.29 is 19.1 Å². The fraction of sp³-hybridized carbons (Fsp3) is 0.471. The second kappa shape index (κ2) is 8.43.